The standard InChI is InChI=1S/C26H27N5O/c32-26(28-19-20-12-13-24(27-18-20)30-16-6-7-17-30)15-14-25-29-22-10-4-5-11-23(22)31(25)21-8-2-1-3-9-21/h1-5,8-13,18H,6-7,14-17,19H2,(H,28,32). The largest absolute Gasteiger partial charge is 0.357 e. The number of aryl methyl sites for hydroxylation is 1. The van der Waals surface area contributed by atoms with Crippen LogP contribution in [-0.4, -0.2) is 33.5 Å². The Labute approximate surface area is 187 Å². The summed E-state index contributed by atoms with van der Waals surface area (Å²) < 4.78 is 2.14. The summed E-state index contributed by atoms with van der Waals surface area (Å²) in [4.78, 5) is 24.2. The molecule has 162 valence electrons. The van der Waals surface area contributed by atoms with Gasteiger partial charge in [0.25, 0.3) is 0 Å². The second kappa shape index (κ2) is 9.22. The maximum absolute atomic E-state index is 12.6. The van der Waals surface area contributed by atoms with E-state index < -0.39 is 0 Å². The van der Waals surface area contributed by atoms with E-state index in [0.717, 1.165) is 47.0 Å². The van der Waals surface area contributed by atoms with Crippen molar-refractivity contribution in [3.05, 3.63) is 84.3 Å². The number of benzene rings is 2. The number of carbonyl (C=O) groups is 1. The van der Waals surface area contributed by atoms with Crippen molar-refractivity contribution in [3.8, 4) is 5.69 Å². The van der Waals surface area contributed by atoms with Crippen molar-refractivity contribution in [2.24, 2.45) is 0 Å². The van der Waals surface area contributed by atoms with Gasteiger partial charge in [0, 0.05) is 44.4 Å². The number of anilines is 1. The number of pyridine rings is 1. The molecule has 0 spiro atoms. The van der Waals surface area contributed by atoms with Crippen LogP contribution in [0.2, 0.25) is 0 Å². The van der Waals surface area contributed by atoms with Crippen LogP contribution in [-0.2, 0) is 17.8 Å². The molecule has 6 nitrogen and oxygen atoms in total. The number of imidazole rings is 1. The molecule has 32 heavy (non-hydrogen) atoms. The fourth-order valence-corrected chi connectivity index (χ4v) is 4.28. The number of hydrogen-bond donors (Lipinski definition) is 1. The molecular formula is C26H27N5O. The Morgan fingerprint density at radius 3 is 2.50 bits per heavy atom. The van der Waals surface area contributed by atoms with Crippen molar-refractivity contribution in [1.82, 2.24) is 19.9 Å². The van der Waals surface area contributed by atoms with Crippen LogP contribution >= 0.6 is 0 Å². The van der Waals surface area contributed by atoms with Gasteiger partial charge >= 0.3 is 0 Å². The molecule has 0 bridgehead atoms. The lowest BCUT2D eigenvalue weighted by molar-refractivity contribution is -0.121. The van der Waals surface area contributed by atoms with Crippen LogP contribution in [0.15, 0.2) is 72.9 Å². The number of hydrogen-bond acceptors (Lipinski definition) is 4. The topological polar surface area (TPSA) is 63.1 Å². The van der Waals surface area contributed by atoms with E-state index in [1.54, 1.807) is 0 Å². The first-order valence-corrected chi connectivity index (χ1v) is 11.3. The van der Waals surface area contributed by atoms with Gasteiger partial charge in [-0.2, -0.15) is 0 Å². The lowest BCUT2D eigenvalue weighted by atomic mass is 10.2. The average molecular weight is 426 g/mol. The van der Waals surface area contributed by atoms with E-state index in [1.807, 2.05) is 42.6 Å². The normalized spacial score (nSPS) is 13.6. The Balaban J connectivity index is 1.23. The van der Waals surface area contributed by atoms with Gasteiger partial charge in [0.2, 0.25) is 5.91 Å². The second-order valence-electron chi connectivity index (χ2n) is 8.18. The minimum absolute atomic E-state index is 0.0142. The maximum atomic E-state index is 12.6. The molecule has 1 fully saturated rings. The van der Waals surface area contributed by atoms with E-state index in [1.165, 1.54) is 12.8 Å². The molecule has 2 aromatic carbocycles. The predicted octanol–water partition coefficient (Wildman–Crippen LogP) is 4.27. The Kier molecular flexibility index (Phi) is 5.83. The molecule has 1 saturated heterocycles. The first-order valence-electron chi connectivity index (χ1n) is 11.3. The Morgan fingerprint density at radius 1 is 0.938 bits per heavy atom. The molecule has 1 aliphatic rings. The zero-order chi connectivity index (χ0) is 21.8. The number of amides is 1. The molecule has 1 N–H and O–H groups in total. The van der Waals surface area contributed by atoms with Gasteiger partial charge in [-0.1, -0.05) is 36.4 Å². The highest BCUT2D eigenvalue weighted by Gasteiger charge is 2.15. The van der Waals surface area contributed by atoms with Crippen LogP contribution in [0.3, 0.4) is 0 Å². The summed E-state index contributed by atoms with van der Waals surface area (Å²) in [6.07, 6.45) is 5.29. The van der Waals surface area contributed by atoms with Crippen LogP contribution in [0.1, 0.15) is 30.7 Å². The molecule has 1 amide bonds. The van der Waals surface area contributed by atoms with Crippen molar-refractivity contribution in [2.45, 2.75) is 32.2 Å². The molecule has 0 saturated carbocycles. The highest BCUT2D eigenvalue weighted by atomic mass is 16.1. The van der Waals surface area contributed by atoms with Crippen molar-refractivity contribution in [1.29, 1.82) is 0 Å². The molecule has 0 atom stereocenters. The Bertz CT molecular complexity index is 1190. The number of nitrogens with one attached hydrogen (secondary N) is 1. The number of rotatable bonds is 7. The highest BCUT2D eigenvalue weighted by Crippen LogP contribution is 2.22. The van der Waals surface area contributed by atoms with Gasteiger partial charge < -0.3 is 10.2 Å². The molecule has 5 rings (SSSR count). The lowest BCUT2D eigenvalue weighted by Crippen LogP contribution is -2.24. The van der Waals surface area contributed by atoms with E-state index in [9.17, 15) is 4.79 Å². The second-order valence-corrected chi connectivity index (χ2v) is 8.18. The molecule has 4 aromatic rings. The molecule has 6 heteroatoms. The average Bonchev–Trinajstić information content (AvgIpc) is 3.50. The summed E-state index contributed by atoms with van der Waals surface area (Å²) in [6.45, 7) is 2.65. The van der Waals surface area contributed by atoms with Crippen molar-refractivity contribution >= 4 is 22.8 Å². The third kappa shape index (κ3) is 4.35. The van der Waals surface area contributed by atoms with Crippen LogP contribution in [0.25, 0.3) is 16.7 Å². The number of carbonyl (C=O) groups excluding carboxylic acids is 1. The van der Waals surface area contributed by atoms with Crippen LogP contribution in [0.4, 0.5) is 5.82 Å². The Morgan fingerprint density at radius 2 is 1.72 bits per heavy atom. The summed E-state index contributed by atoms with van der Waals surface area (Å²) in [6, 6.07) is 22.4. The summed E-state index contributed by atoms with van der Waals surface area (Å²) in [5.74, 6) is 1.93. The fraction of sp³-hybridized carbons (Fsp3) is 0.269. The van der Waals surface area contributed by atoms with E-state index >= 15 is 0 Å². The first kappa shape index (κ1) is 20.2. The number of para-hydroxylation sites is 3. The quantitative estimate of drug-likeness (QED) is 0.480. The monoisotopic (exact) mass is 425 g/mol. The molecule has 3 heterocycles. The summed E-state index contributed by atoms with van der Waals surface area (Å²) in [5.41, 5.74) is 4.06. The number of fused-ring (bicyclic) bond motifs is 1. The van der Waals surface area contributed by atoms with Gasteiger partial charge in [-0.25, -0.2) is 9.97 Å². The van der Waals surface area contributed by atoms with Crippen LogP contribution in [0, 0.1) is 0 Å². The van der Waals surface area contributed by atoms with Crippen LogP contribution < -0.4 is 10.2 Å². The van der Waals surface area contributed by atoms with E-state index in [4.69, 9.17) is 4.98 Å². The molecule has 0 radical (unpaired) electrons. The van der Waals surface area contributed by atoms with Gasteiger partial charge in [0.15, 0.2) is 0 Å². The molecule has 2 aromatic heterocycles. The number of nitrogens with zero attached hydrogens (tertiary/aromatic N) is 4. The smallest absolute Gasteiger partial charge is 0.220 e. The van der Waals surface area contributed by atoms with E-state index in [0.29, 0.717) is 19.4 Å². The SMILES string of the molecule is O=C(CCc1nc2ccccc2n1-c1ccccc1)NCc1ccc(N2CCCC2)nc1. The van der Waals surface area contributed by atoms with Crippen molar-refractivity contribution in [3.63, 3.8) is 0 Å². The Hall–Kier alpha value is -3.67. The van der Waals surface area contributed by atoms with E-state index in [2.05, 4.69) is 50.1 Å². The zero-order valence-corrected chi connectivity index (χ0v) is 18.1. The fourth-order valence-electron chi connectivity index (χ4n) is 4.28. The molecule has 1 aliphatic heterocycles. The predicted molar refractivity (Wildman–Crippen MR) is 127 cm³/mol. The summed E-state index contributed by atoms with van der Waals surface area (Å²) in [7, 11) is 0. The highest BCUT2D eigenvalue weighted by molar-refractivity contribution is 5.79. The zero-order valence-electron chi connectivity index (χ0n) is 18.1. The minimum Gasteiger partial charge on any atom is -0.357 e. The van der Waals surface area contributed by atoms with Crippen molar-refractivity contribution in [2.75, 3.05) is 18.0 Å². The molecule has 0 unspecified atom stereocenters. The van der Waals surface area contributed by atoms with E-state index in [-0.39, 0.29) is 5.91 Å². The van der Waals surface area contributed by atoms with Gasteiger partial charge in [-0.05, 0) is 48.7 Å². The lowest BCUT2D eigenvalue weighted by Gasteiger charge is -2.16. The number of aromatic nitrogens is 3. The third-order valence-corrected chi connectivity index (χ3v) is 5.95. The maximum Gasteiger partial charge on any atom is 0.220 e. The summed E-state index contributed by atoms with van der Waals surface area (Å²) in [5, 5.41) is 3.02. The molecular weight excluding hydrogens is 398 g/mol. The van der Waals surface area contributed by atoms with Gasteiger partial charge in [-0.3, -0.25) is 9.36 Å². The van der Waals surface area contributed by atoms with Gasteiger partial charge in [0.05, 0.1) is 11.0 Å². The molecule has 0 aliphatic carbocycles. The first-order chi connectivity index (χ1) is 15.8. The van der Waals surface area contributed by atoms with Gasteiger partial charge in [-0.15, -0.1) is 0 Å². The van der Waals surface area contributed by atoms with Crippen molar-refractivity contribution < 1.29 is 4.79 Å². The van der Waals surface area contributed by atoms with Gasteiger partial charge in [0.1, 0.15) is 11.6 Å². The summed E-state index contributed by atoms with van der Waals surface area (Å²) >= 11 is 0. The minimum atomic E-state index is 0.0142. The third-order valence-electron chi connectivity index (χ3n) is 5.95. The van der Waals surface area contributed by atoms with Crippen LogP contribution in [0.5, 0.6) is 0 Å².